The molecular formula is C19H16N6O. The number of amides is 1. The summed E-state index contributed by atoms with van der Waals surface area (Å²) in [7, 11) is 0. The molecule has 0 aliphatic carbocycles. The Labute approximate surface area is 149 Å². The number of rotatable bonds is 4. The van der Waals surface area contributed by atoms with E-state index in [9.17, 15) is 4.79 Å². The van der Waals surface area contributed by atoms with Gasteiger partial charge in [0, 0.05) is 11.9 Å². The van der Waals surface area contributed by atoms with Crippen molar-refractivity contribution in [3.05, 3.63) is 84.4 Å². The number of para-hydroxylation sites is 2. The first-order chi connectivity index (χ1) is 12.7. The van der Waals surface area contributed by atoms with Gasteiger partial charge in [0.2, 0.25) is 5.82 Å². The molecule has 26 heavy (non-hydrogen) atoms. The molecule has 7 nitrogen and oxygen atoms in total. The average Bonchev–Trinajstić information content (AvgIpc) is 3.13. The standard InChI is InChI=1S/C19H16N6O/c1-14-12-13-20-19-21-17(22-24(14)19)18(26)23-25(15-8-4-2-5-9-15)16-10-6-3-7-11-16/h2-13H,1H3,(H,23,26). The fourth-order valence-electron chi connectivity index (χ4n) is 2.59. The molecule has 4 aromatic rings. The molecule has 7 heteroatoms. The van der Waals surface area contributed by atoms with Crippen LogP contribution in [0.4, 0.5) is 11.4 Å². The van der Waals surface area contributed by atoms with E-state index >= 15 is 0 Å². The minimum atomic E-state index is -0.414. The van der Waals surface area contributed by atoms with Gasteiger partial charge in [0.25, 0.3) is 5.78 Å². The summed E-state index contributed by atoms with van der Waals surface area (Å²) in [5.74, 6) is 0.0346. The Morgan fingerprint density at radius 1 is 0.962 bits per heavy atom. The van der Waals surface area contributed by atoms with E-state index in [1.54, 1.807) is 15.7 Å². The maximum atomic E-state index is 12.8. The summed E-state index contributed by atoms with van der Waals surface area (Å²) < 4.78 is 1.55. The summed E-state index contributed by atoms with van der Waals surface area (Å²) in [4.78, 5) is 21.1. The Kier molecular flexibility index (Phi) is 4.03. The van der Waals surface area contributed by atoms with Gasteiger partial charge in [-0.2, -0.15) is 4.98 Å². The number of nitrogens with one attached hydrogen (secondary N) is 1. The highest BCUT2D eigenvalue weighted by Gasteiger charge is 2.18. The molecule has 1 N–H and O–H groups in total. The lowest BCUT2D eigenvalue weighted by atomic mass is 10.2. The van der Waals surface area contributed by atoms with E-state index < -0.39 is 5.91 Å². The van der Waals surface area contributed by atoms with Gasteiger partial charge in [-0.05, 0) is 37.3 Å². The van der Waals surface area contributed by atoms with Gasteiger partial charge in [0.15, 0.2) is 0 Å². The van der Waals surface area contributed by atoms with Crippen LogP contribution in [0.15, 0.2) is 72.9 Å². The van der Waals surface area contributed by atoms with Crippen LogP contribution in [-0.4, -0.2) is 25.5 Å². The van der Waals surface area contributed by atoms with Gasteiger partial charge in [-0.25, -0.2) is 9.50 Å². The molecule has 2 aromatic heterocycles. The van der Waals surface area contributed by atoms with E-state index in [4.69, 9.17) is 0 Å². The number of hydrogen-bond donors (Lipinski definition) is 1. The maximum absolute atomic E-state index is 12.8. The Hall–Kier alpha value is -3.74. The summed E-state index contributed by atoms with van der Waals surface area (Å²) in [5, 5.41) is 5.96. The minimum absolute atomic E-state index is 0.0589. The zero-order valence-electron chi connectivity index (χ0n) is 14.1. The third-order valence-electron chi connectivity index (χ3n) is 3.88. The molecule has 4 rings (SSSR count). The normalized spacial score (nSPS) is 10.7. The molecule has 0 radical (unpaired) electrons. The molecule has 0 saturated carbocycles. The number of aryl methyl sites for hydroxylation is 1. The molecule has 128 valence electrons. The first-order valence-electron chi connectivity index (χ1n) is 8.12. The lowest BCUT2D eigenvalue weighted by Crippen LogP contribution is -2.39. The van der Waals surface area contributed by atoms with Crippen molar-refractivity contribution in [2.24, 2.45) is 0 Å². The molecule has 2 heterocycles. The largest absolute Gasteiger partial charge is 0.309 e. The number of carbonyl (C=O) groups excluding carboxylic acids is 1. The van der Waals surface area contributed by atoms with Gasteiger partial charge >= 0.3 is 5.91 Å². The van der Waals surface area contributed by atoms with E-state index in [-0.39, 0.29) is 5.82 Å². The monoisotopic (exact) mass is 344 g/mol. The molecule has 0 unspecified atom stereocenters. The quantitative estimate of drug-likeness (QED) is 0.576. The van der Waals surface area contributed by atoms with Crippen LogP contribution < -0.4 is 10.4 Å². The molecule has 0 saturated heterocycles. The number of hydrogen-bond acceptors (Lipinski definition) is 5. The van der Waals surface area contributed by atoms with Gasteiger partial charge in [0.05, 0.1) is 11.4 Å². The number of hydrazine groups is 1. The highest BCUT2D eigenvalue weighted by molar-refractivity contribution is 5.93. The predicted molar refractivity (Wildman–Crippen MR) is 98.0 cm³/mol. The summed E-state index contributed by atoms with van der Waals surface area (Å²) in [6.07, 6.45) is 1.64. The summed E-state index contributed by atoms with van der Waals surface area (Å²) >= 11 is 0. The maximum Gasteiger partial charge on any atom is 0.309 e. The molecular weight excluding hydrogens is 328 g/mol. The topological polar surface area (TPSA) is 75.4 Å². The van der Waals surface area contributed by atoms with Crippen molar-refractivity contribution in [1.82, 2.24) is 25.0 Å². The molecule has 0 atom stereocenters. The number of carbonyl (C=O) groups is 1. The second-order valence-corrected chi connectivity index (χ2v) is 5.68. The number of nitrogens with zero attached hydrogens (tertiary/aromatic N) is 5. The van der Waals surface area contributed by atoms with E-state index in [0.29, 0.717) is 5.78 Å². The zero-order valence-corrected chi connectivity index (χ0v) is 14.1. The number of benzene rings is 2. The Morgan fingerprint density at radius 3 is 2.15 bits per heavy atom. The van der Waals surface area contributed by atoms with Crippen molar-refractivity contribution >= 4 is 23.1 Å². The van der Waals surface area contributed by atoms with Crippen LogP contribution in [0.3, 0.4) is 0 Å². The van der Waals surface area contributed by atoms with E-state index in [2.05, 4.69) is 20.5 Å². The van der Waals surface area contributed by atoms with Crippen LogP contribution in [0.25, 0.3) is 5.78 Å². The summed E-state index contributed by atoms with van der Waals surface area (Å²) in [5.41, 5.74) is 5.37. The van der Waals surface area contributed by atoms with Crippen LogP contribution in [0.2, 0.25) is 0 Å². The molecule has 1 amide bonds. The van der Waals surface area contributed by atoms with Gasteiger partial charge in [-0.15, -0.1) is 5.10 Å². The van der Waals surface area contributed by atoms with Crippen molar-refractivity contribution in [2.45, 2.75) is 6.92 Å². The molecule has 0 bridgehead atoms. The lowest BCUT2D eigenvalue weighted by Gasteiger charge is -2.24. The third-order valence-corrected chi connectivity index (χ3v) is 3.88. The van der Waals surface area contributed by atoms with Crippen LogP contribution in [0.5, 0.6) is 0 Å². The molecule has 0 fully saturated rings. The molecule has 0 aliphatic rings. The van der Waals surface area contributed by atoms with Crippen molar-refractivity contribution in [2.75, 3.05) is 5.01 Å². The fraction of sp³-hybridized carbons (Fsp3) is 0.0526. The van der Waals surface area contributed by atoms with Gasteiger partial charge in [0.1, 0.15) is 0 Å². The van der Waals surface area contributed by atoms with Crippen molar-refractivity contribution in [3.8, 4) is 0 Å². The zero-order chi connectivity index (χ0) is 17.9. The minimum Gasteiger partial charge on any atom is -0.264 e. The highest BCUT2D eigenvalue weighted by Crippen LogP contribution is 2.22. The van der Waals surface area contributed by atoms with Crippen molar-refractivity contribution < 1.29 is 4.79 Å². The molecule has 0 spiro atoms. The third kappa shape index (κ3) is 2.98. The SMILES string of the molecule is Cc1ccnc2nc(C(=O)NN(c3ccccc3)c3ccccc3)nn12. The predicted octanol–water partition coefficient (Wildman–Crippen LogP) is 2.92. The second kappa shape index (κ2) is 6.64. The van der Waals surface area contributed by atoms with Crippen molar-refractivity contribution in [1.29, 1.82) is 0 Å². The van der Waals surface area contributed by atoms with E-state index in [0.717, 1.165) is 17.1 Å². The average molecular weight is 344 g/mol. The smallest absolute Gasteiger partial charge is 0.264 e. The summed E-state index contributed by atoms with van der Waals surface area (Å²) in [6.45, 7) is 1.88. The van der Waals surface area contributed by atoms with Crippen LogP contribution in [-0.2, 0) is 0 Å². The van der Waals surface area contributed by atoms with Gasteiger partial charge in [-0.1, -0.05) is 36.4 Å². The van der Waals surface area contributed by atoms with E-state index in [1.807, 2.05) is 73.7 Å². The number of aromatic nitrogens is 4. The lowest BCUT2D eigenvalue weighted by molar-refractivity contribution is 0.0943. The Morgan fingerprint density at radius 2 is 1.58 bits per heavy atom. The number of fused-ring (bicyclic) bond motifs is 1. The Balaban J connectivity index is 1.68. The van der Waals surface area contributed by atoms with E-state index in [1.165, 1.54) is 0 Å². The first-order valence-corrected chi connectivity index (χ1v) is 8.12. The molecule has 0 aliphatic heterocycles. The highest BCUT2D eigenvalue weighted by atomic mass is 16.2. The van der Waals surface area contributed by atoms with Crippen LogP contribution in [0.1, 0.15) is 16.3 Å². The van der Waals surface area contributed by atoms with Gasteiger partial charge < -0.3 is 0 Å². The molecule has 2 aromatic carbocycles. The first kappa shape index (κ1) is 15.8. The summed E-state index contributed by atoms with van der Waals surface area (Å²) in [6, 6.07) is 20.9. The second-order valence-electron chi connectivity index (χ2n) is 5.68. The Bertz CT molecular complexity index is 1010. The van der Waals surface area contributed by atoms with Gasteiger partial charge in [-0.3, -0.25) is 15.2 Å². The number of anilines is 2. The fourth-order valence-corrected chi connectivity index (χ4v) is 2.59. The van der Waals surface area contributed by atoms with Crippen LogP contribution >= 0.6 is 0 Å². The van der Waals surface area contributed by atoms with Crippen LogP contribution in [0, 0.1) is 6.92 Å². The van der Waals surface area contributed by atoms with Crippen molar-refractivity contribution in [3.63, 3.8) is 0 Å².